The number of ether oxygens (including phenoxy) is 1. The molecule has 0 heterocycles. The fraction of sp³-hybridized carbons (Fsp3) is 0.308. The first-order valence-electron chi connectivity index (χ1n) is 5.77. The zero-order chi connectivity index (χ0) is 15.2. The zero-order valence-corrected chi connectivity index (χ0v) is 10.7. The van der Waals surface area contributed by atoms with Crippen molar-refractivity contribution in [1.29, 1.82) is 0 Å². The summed E-state index contributed by atoms with van der Waals surface area (Å²) >= 11 is 0. The molecule has 7 heteroatoms. The summed E-state index contributed by atoms with van der Waals surface area (Å²) in [6.45, 7) is 0.709. The highest BCUT2D eigenvalue weighted by Crippen LogP contribution is 2.25. The Balaban J connectivity index is 2.99. The maximum absolute atomic E-state index is 12.2. The number of hydrogen-bond donors (Lipinski definition) is 2. The molecule has 0 atom stereocenters. The zero-order valence-electron chi connectivity index (χ0n) is 10.7. The van der Waals surface area contributed by atoms with Crippen LogP contribution in [0.5, 0.6) is 5.75 Å². The highest BCUT2D eigenvalue weighted by atomic mass is 19.4. The number of rotatable bonds is 6. The molecule has 0 saturated heterocycles. The average molecular weight is 289 g/mol. The van der Waals surface area contributed by atoms with E-state index in [4.69, 9.17) is 5.11 Å². The van der Waals surface area contributed by atoms with Crippen molar-refractivity contribution in [3.8, 4) is 5.75 Å². The van der Waals surface area contributed by atoms with Crippen LogP contribution in [0.15, 0.2) is 24.3 Å². The molecular weight excluding hydrogens is 275 g/mol. The number of nitrogens with one attached hydrogen (secondary N) is 1. The quantitative estimate of drug-likeness (QED) is 0.791. The third kappa shape index (κ3) is 5.75. The van der Waals surface area contributed by atoms with E-state index in [-0.39, 0.29) is 5.56 Å². The topological polar surface area (TPSA) is 58.6 Å². The number of carbonyl (C=O) groups is 1. The van der Waals surface area contributed by atoms with E-state index < -0.39 is 18.1 Å². The van der Waals surface area contributed by atoms with E-state index in [0.29, 0.717) is 18.5 Å². The Morgan fingerprint density at radius 2 is 2.10 bits per heavy atom. The molecule has 1 aromatic carbocycles. The van der Waals surface area contributed by atoms with Gasteiger partial charge < -0.3 is 15.2 Å². The van der Waals surface area contributed by atoms with Gasteiger partial charge in [0.05, 0.1) is 5.56 Å². The highest BCUT2D eigenvalue weighted by Gasteiger charge is 2.31. The Morgan fingerprint density at radius 1 is 1.40 bits per heavy atom. The maximum Gasteiger partial charge on any atom is 0.573 e. The Bertz CT molecular complexity index is 498. The lowest BCUT2D eigenvalue weighted by Gasteiger charge is -2.10. The van der Waals surface area contributed by atoms with Gasteiger partial charge in [0.15, 0.2) is 0 Å². The number of carboxylic acid groups (broad SMARTS) is 1. The fourth-order valence-electron chi connectivity index (χ4n) is 1.48. The normalized spacial score (nSPS) is 11.8. The molecule has 1 rings (SSSR count). The number of aromatic carboxylic acids is 1. The van der Waals surface area contributed by atoms with Crippen molar-refractivity contribution in [2.24, 2.45) is 0 Å². The van der Waals surface area contributed by atoms with Gasteiger partial charge in [0.2, 0.25) is 0 Å². The Kier molecular flexibility index (Phi) is 5.57. The lowest BCUT2D eigenvalue weighted by atomic mass is 10.1. The smallest absolute Gasteiger partial charge is 0.478 e. The Labute approximate surface area is 113 Å². The van der Waals surface area contributed by atoms with Crippen LogP contribution in [0.2, 0.25) is 0 Å². The molecule has 0 aliphatic rings. The summed E-state index contributed by atoms with van der Waals surface area (Å²) in [5, 5.41) is 11.8. The molecule has 4 nitrogen and oxygen atoms in total. The third-order valence-corrected chi connectivity index (χ3v) is 2.28. The lowest BCUT2D eigenvalue weighted by Crippen LogP contribution is -2.17. The van der Waals surface area contributed by atoms with Crippen molar-refractivity contribution in [3.63, 3.8) is 0 Å². The average Bonchev–Trinajstić information content (AvgIpc) is 2.32. The minimum absolute atomic E-state index is 0.264. The van der Waals surface area contributed by atoms with Gasteiger partial charge in [-0.15, -0.1) is 13.2 Å². The molecule has 2 N–H and O–H groups in total. The van der Waals surface area contributed by atoms with Crippen LogP contribution < -0.4 is 10.1 Å². The molecule has 1 aromatic rings. The number of carboxylic acids is 1. The molecule has 0 bridgehead atoms. The van der Waals surface area contributed by atoms with E-state index in [2.05, 4.69) is 10.1 Å². The van der Waals surface area contributed by atoms with E-state index in [1.807, 2.05) is 0 Å². The van der Waals surface area contributed by atoms with E-state index in [1.54, 1.807) is 19.2 Å². The van der Waals surface area contributed by atoms with Crippen molar-refractivity contribution < 1.29 is 27.8 Å². The lowest BCUT2D eigenvalue weighted by molar-refractivity contribution is -0.274. The summed E-state index contributed by atoms with van der Waals surface area (Å²) in [5.41, 5.74) is 0.0697. The van der Waals surface area contributed by atoms with Crippen LogP contribution in [0.4, 0.5) is 13.2 Å². The first-order chi connectivity index (χ1) is 9.31. The second-order valence-electron chi connectivity index (χ2n) is 3.94. The van der Waals surface area contributed by atoms with E-state index >= 15 is 0 Å². The summed E-state index contributed by atoms with van der Waals surface area (Å²) in [4.78, 5) is 10.9. The van der Waals surface area contributed by atoms with Crippen LogP contribution in [0, 0.1) is 0 Å². The van der Waals surface area contributed by atoms with Gasteiger partial charge in [-0.2, -0.15) is 0 Å². The van der Waals surface area contributed by atoms with Crippen molar-refractivity contribution >= 4 is 12.0 Å². The van der Waals surface area contributed by atoms with Crippen LogP contribution in [0.1, 0.15) is 22.3 Å². The first kappa shape index (κ1) is 16.0. The summed E-state index contributed by atoms with van der Waals surface area (Å²) in [6.07, 6.45) is -0.907. The molecule has 0 amide bonds. The van der Waals surface area contributed by atoms with Gasteiger partial charge in [0, 0.05) is 0 Å². The van der Waals surface area contributed by atoms with Crippen molar-refractivity contribution in [2.45, 2.75) is 12.8 Å². The van der Waals surface area contributed by atoms with Gasteiger partial charge in [-0.1, -0.05) is 12.2 Å². The molecule has 0 aliphatic heterocycles. The van der Waals surface area contributed by atoms with E-state index in [1.165, 1.54) is 6.07 Å². The molecule has 0 aliphatic carbocycles. The van der Waals surface area contributed by atoms with Gasteiger partial charge in [-0.05, 0) is 43.8 Å². The maximum atomic E-state index is 12.2. The molecule has 0 fully saturated rings. The van der Waals surface area contributed by atoms with Crippen LogP contribution in [-0.4, -0.2) is 31.0 Å². The number of benzene rings is 1. The van der Waals surface area contributed by atoms with Crippen LogP contribution in [-0.2, 0) is 0 Å². The molecule has 0 aromatic heterocycles. The molecule has 0 spiro atoms. The molecule has 20 heavy (non-hydrogen) atoms. The van der Waals surface area contributed by atoms with Gasteiger partial charge in [0.1, 0.15) is 5.75 Å². The van der Waals surface area contributed by atoms with Crippen molar-refractivity contribution in [3.05, 3.63) is 35.4 Å². The summed E-state index contributed by atoms with van der Waals surface area (Å²) in [5.74, 6) is -1.87. The molecule has 0 saturated carbocycles. The standard InChI is InChI=1S/C13H14F3NO3/c1-17-5-3-2-4-9-6-10(12(18)19)8-11(7-9)20-13(14,15)16/h2,4,6-8,17H,3,5H2,1H3,(H,18,19). The highest BCUT2D eigenvalue weighted by molar-refractivity contribution is 5.89. The van der Waals surface area contributed by atoms with Gasteiger partial charge in [0.25, 0.3) is 0 Å². The van der Waals surface area contributed by atoms with E-state index in [0.717, 1.165) is 12.1 Å². The van der Waals surface area contributed by atoms with Crippen molar-refractivity contribution in [2.75, 3.05) is 13.6 Å². The van der Waals surface area contributed by atoms with Gasteiger partial charge >= 0.3 is 12.3 Å². The third-order valence-electron chi connectivity index (χ3n) is 2.28. The summed E-state index contributed by atoms with van der Waals surface area (Å²) in [6, 6.07) is 3.25. The minimum Gasteiger partial charge on any atom is -0.478 e. The first-order valence-corrected chi connectivity index (χ1v) is 5.77. The summed E-state index contributed by atoms with van der Waals surface area (Å²) < 4.78 is 40.2. The minimum atomic E-state index is -4.86. The van der Waals surface area contributed by atoms with Gasteiger partial charge in [-0.25, -0.2) is 4.79 Å². The van der Waals surface area contributed by atoms with Crippen molar-refractivity contribution in [1.82, 2.24) is 5.32 Å². The predicted molar refractivity (Wildman–Crippen MR) is 67.7 cm³/mol. The van der Waals surface area contributed by atoms with E-state index in [9.17, 15) is 18.0 Å². The number of halogens is 3. The molecular formula is C13H14F3NO3. The Morgan fingerprint density at radius 3 is 2.65 bits per heavy atom. The molecule has 110 valence electrons. The second kappa shape index (κ2) is 6.95. The van der Waals surface area contributed by atoms with Gasteiger partial charge in [-0.3, -0.25) is 0 Å². The second-order valence-corrected chi connectivity index (χ2v) is 3.94. The largest absolute Gasteiger partial charge is 0.573 e. The number of alkyl halides is 3. The molecule has 0 unspecified atom stereocenters. The molecule has 0 radical (unpaired) electrons. The predicted octanol–water partition coefficient (Wildman–Crippen LogP) is 2.91. The monoisotopic (exact) mass is 289 g/mol. The van der Waals surface area contributed by atoms with Crippen LogP contribution in [0.25, 0.3) is 6.08 Å². The Hall–Kier alpha value is -2.02. The SMILES string of the molecule is CNCCC=Cc1cc(OC(F)(F)F)cc(C(=O)O)c1. The van der Waals surface area contributed by atoms with Crippen LogP contribution >= 0.6 is 0 Å². The number of hydrogen-bond acceptors (Lipinski definition) is 3. The van der Waals surface area contributed by atoms with Crippen LogP contribution in [0.3, 0.4) is 0 Å². The summed E-state index contributed by atoms with van der Waals surface area (Å²) in [7, 11) is 1.77. The fourth-order valence-corrected chi connectivity index (χ4v) is 1.48.